The summed E-state index contributed by atoms with van der Waals surface area (Å²) in [5.41, 5.74) is 3.10. The van der Waals surface area contributed by atoms with Gasteiger partial charge in [-0.05, 0) is 57.6 Å². The fourth-order valence-corrected chi connectivity index (χ4v) is 4.23. The number of fused-ring (bicyclic) bond motifs is 2. The number of rotatable bonds is 5. The minimum absolute atomic E-state index is 0.116. The second kappa shape index (κ2) is 8.84. The number of nitrogens with zero attached hydrogens (tertiary/aromatic N) is 5. The van der Waals surface area contributed by atoms with Gasteiger partial charge in [-0.1, -0.05) is 0 Å². The van der Waals surface area contributed by atoms with Crippen LogP contribution in [0.5, 0.6) is 0 Å². The van der Waals surface area contributed by atoms with E-state index < -0.39 is 12.2 Å². The molecular formula is C23H25F3N8O. The van der Waals surface area contributed by atoms with E-state index in [4.69, 9.17) is 0 Å². The first-order valence-electron chi connectivity index (χ1n) is 11.3. The first kappa shape index (κ1) is 23.1. The lowest BCUT2D eigenvalue weighted by molar-refractivity contribution is -0.138. The molecule has 35 heavy (non-hydrogen) atoms. The summed E-state index contributed by atoms with van der Waals surface area (Å²) in [6.45, 7) is 2.90. The van der Waals surface area contributed by atoms with Crippen LogP contribution in [0.2, 0.25) is 0 Å². The summed E-state index contributed by atoms with van der Waals surface area (Å²) < 4.78 is 40.2. The molecule has 1 amide bonds. The highest BCUT2D eigenvalue weighted by atomic mass is 19.4. The maximum absolute atomic E-state index is 13.0. The van der Waals surface area contributed by atoms with Crippen molar-refractivity contribution in [3.63, 3.8) is 0 Å². The molecule has 5 heterocycles. The lowest BCUT2D eigenvalue weighted by Gasteiger charge is -2.29. The minimum atomic E-state index is -4.41. The molecule has 9 nitrogen and oxygen atoms in total. The zero-order valence-electron chi connectivity index (χ0n) is 19.2. The van der Waals surface area contributed by atoms with Gasteiger partial charge in [0.2, 0.25) is 5.95 Å². The standard InChI is InChI=1S/C23H25F3N8O/c1-13(23(24,25)26)30-22-28-11-17-16(10-27-20(17)32-22)14-3-8-34-19(9-14)18(12-29-34)21(35)31-15-4-6-33(2)7-5-15/h3,8-13,15H,4-7H2,1-2H3,(H,31,35)(H2,27,28,30,32)/t13-/m1/s1. The third-order valence-electron chi connectivity index (χ3n) is 6.40. The molecule has 5 rings (SSSR count). The molecule has 1 fully saturated rings. The average Bonchev–Trinajstić information content (AvgIpc) is 3.43. The first-order chi connectivity index (χ1) is 16.7. The van der Waals surface area contributed by atoms with Gasteiger partial charge in [0.15, 0.2) is 0 Å². The number of hydrogen-bond acceptors (Lipinski definition) is 6. The topological polar surface area (TPSA) is 103 Å². The Balaban J connectivity index is 1.41. The van der Waals surface area contributed by atoms with Gasteiger partial charge in [0.05, 0.1) is 17.3 Å². The molecule has 1 atom stereocenters. The number of amides is 1. The van der Waals surface area contributed by atoms with E-state index in [1.165, 1.54) is 6.20 Å². The number of piperidine rings is 1. The molecule has 1 saturated heterocycles. The van der Waals surface area contributed by atoms with Crippen molar-refractivity contribution in [3.05, 3.63) is 42.5 Å². The number of aromatic amines is 1. The molecule has 4 aromatic rings. The first-order valence-corrected chi connectivity index (χ1v) is 11.3. The molecule has 4 aromatic heterocycles. The third-order valence-corrected chi connectivity index (χ3v) is 6.40. The van der Waals surface area contributed by atoms with Crippen molar-refractivity contribution in [1.29, 1.82) is 0 Å². The Hall–Kier alpha value is -3.67. The summed E-state index contributed by atoms with van der Waals surface area (Å²) in [5, 5.41) is 10.3. The van der Waals surface area contributed by atoms with Crippen LogP contribution in [-0.4, -0.2) is 73.8 Å². The maximum Gasteiger partial charge on any atom is 0.408 e. The lowest BCUT2D eigenvalue weighted by Crippen LogP contribution is -2.43. The quantitative estimate of drug-likeness (QED) is 0.399. The molecule has 0 saturated carbocycles. The van der Waals surface area contributed by atoms with E-state index in [0.29, 0.717) is 22.1 Å². The number of pyridine rings is 1. The van der Waals surface area contributed by atoms with E-state index in [1.807, 2.05) is 12.1 Å². The van der Waals surface area contributed by atoms with Crippen molar-refractivity contribution in [2.75, 3.05) is 25.5 Å². The highest BCUT2D eigenvalue weighted by Gasteiger charge is 2.36. The molecule has 0 unspecified atom stereocenters. The van der Waals surface area contributed by atoms with Gasteiger partial charge < -0.3 is 20.5 Å². The minimum Gasteiger partial charge on any atom is -0.349 e. The SMILES string of the molecule is C[C@@H](Nc1ncc2c(-c3ccn4ncc(C(=O)NC5CCN(C)CC5)c4c3)c[nH]c2n1)C(F)(F)F. The molecular weight excluding hydrogens is 461 g/mol. The number of carbonyl (C=O) groups is 1. The molecule has 0 spiro atoms. The molecule has 0 bridgehead atoms. The Morgan fingerprint density at radius 3 is 2.77 bits per heavy atom. The number of aromatic nitrogens is 5. The van der Waals surface area contributed by atoms with Crippen molar-refractivity contribution in [2.24, 2.45) is 0 Å². The van der Waals surface area contributed by atoms with Crippen LogP contribution in [0.4, 0.5) is 19.1 Å². The van der Waals surface area contributed by atoms with Gasteiger partial charge in [-0.2, -0.15) is 23.3 Å². The highest BCUT2D eigenvalue weighted by Crippen LogP contribution is 2.30. The van der Waals surface area contributed by atoms with Crippen LogP contribution in [0.15, 0.2) is 36.9 Å². The van der Waals surface area contributed by atoms with Gasteiger partial charge in [-0.25, -0.2) is 9.50 Å². The fourth-order valence-electron chi connectivity index (χ4n) is 4.23. The van der Waals surface area contributed by atoms with E-state index in [9.17, 15) is 18.0 Å². The number of H-pyrrole nitrogens is 1. The normalized spacial score (nSPS) is 16.6. The molecule has 1 aliphatic rings. The van der Waals surface area contributed by atoms with Crippen molar-refractivity contribution < 1.29 is 18.0 Å². The fraction of sp³-hybridized carbons (Fsp3) is 0.391. The molecule has 0 aromatic carbocycles. The Morgan fingerprint density at radius 1 is 1.26 bits per heavy atom. The van der Waals surface area contributed by atoms with Crippen LogP contribution in [-0.2, 0) is 0 Å². The predicted molar refractivity (Wildman–Crippen MR) is 125 cm³/mol. The summed E-state index contributed by atoms with van der Waals surface area (Å²) in [7, 11) is 2.07. The molecule has 12 heteroatoms. The monoisotopic (exact) mass is 486 g/mol. The van der Waals surface area contributed by atoms with Crippen molar-refractivity contribution >= 4 is 28.4 Å². The van der Waals surface area contributed by atoms with Crippen molar-refractivity contribution in [1.82, 2.24) is 34.8 Å². The Morgan fingerprint density at radius 2 is 2.03 bits per heavy atom. The maximum atomic E-state index is 13.0. The second-order valence-corrected chi connectivity index (χ2v) is 8.92. The zero-order valence-corrected chi connectivity index (χ0v) is 19.2. The lowest BCUT2D eigenvalue weighted by atomic mass is 10.0. The number of anilines is 1. The average molecular weight is 487 g/mol. The predicted octanol–water partition coefficient (Wildman–Crippen LogP) is 3.46. The number of nitrogens with one attached hydrogen (secondary N) is 3. The van der Waals surface area contributed by atoms with Gasteiger partial charge in [0, 0.05) is 35.6 Å². The summed E-state index contributed by atoms with van der Waals surface area (Å²) in [5.74, 6) is -0.279. The smallest absolute Gasteiger partial charge is 0.349 e. The third kappa shape index (κ3) is 4.65. The van der Waals surface area contributed by atoms with E-state index in [1.54, 1.807) is 23.1 Å². The Bertz CT molecular complexity index is 1370. The van der Waals surface area contributed by atoms with E-state index in [2.05, 4.69) is 42.6 Å². The van der Waals surface area contributed by atoms with Crippen LogP contribution in [0.25, 0.3) is 27.7 Å². The Labute approximate surface area is 198 Å². The summed E-state index contributed by atoms with van der Waals surface area (Å²) in [4.78, 5) is 26.5. The molecule has 3 N–H and O–H groups in total. The highest BCUT2D eigenvalue weighted by molar-refractivity contribution is 6.02. The van der Waals surface area contributed by atoms with Gasteiger partial charge in [-0.15, -0.1) is 0 Å². The summed E-state index contributed by atoms with van der Waals surface area (Å²) in [6.07, 6.45) is 3.92. The number of alkyl halides is 3. The number of hydrogen-bond donors (Lipinski definition) is 3. The van der Waals surface area contributed by atoms with E-state index in [-0.39, 0.29) is 17.9 Å². The number of carbonyl (C=O) groups excluding carboxylic acids is 1. The van der Waals surface area contributed by atoms with Crippen LogP contribution in [0.3, 0.4) is 0 Å². The largest absolute Gasteiger partial charge is 0.408 e. The van der Waals surface area contributed by atoms with Crippen LogP contribution >= 0.6 is 0 Å². The van der Waals surface area contributed by atoms with Gasteiger partial charge in [0.1, 0.15) is 11.7 Å². The summed E-state index contributed by atoms with van der Waals surface area (Å²) >= 11 is 0. The molecule has 1 aliphatic heterocycles. The van der Waals surface area contributed by atoms with E-state index in [0.717, 1.165) is 44.0 Å². The molecule has 0 aliphatic carbocycles. The van der Waals surface area contributed by atoms with E-state index >= 15 is 0 Å². The van der Waals surface area contributed by atoms with Crippen molar-refractivity contribution in [2.45, 2.75) is 38.0 Å². The Kier molecular flexibility index (Phi) is 5.83. The van der Waals surface area contributed by atoms with Crippen molar-refractivity contribution in [3.8, 4) is 11.1 Å². The van der Waals surface area contributed by atoms with Crippen LogP contribution in [0.1, 0.15) is 30.1 Å². The summed E-state index contributed by atoms with van der Waals surface area (Å²) in [6, 6.07) is 2.05. The molecule has 184 valence electrons. The zero-order chi connectivity index (χ0) is 24.7. The van der Waals surface area contributed by atoms with Gasteiger partial charge in [0.25, 0.3) is 5.91 Å². The van der Waals surface area contributed by atoms with Gasteiger partial charge in [-0.3, -0.25) is 4.79 Å². The van der Waals surface area contributed by atoms with Crippen LogP contribution in [0, 0.1) is 0 Å². The number of likely N-dealkylation sites (tertiary alicyclic amines) is 1. The molecule has 0 radical (unpaired) electrons. The van der Waals surface area contributed by atoms with Crippen LogP contribution < -0.4 is 10.6 Å². The number of halogens is 3. The second-order valence-electron chi connectivity index (χ2n) is 8.92. The van der Waals surface area contributed by atoms with Gasteiger partial charge >= 0.3 is 6.18 Å².